The predicted molar refractivity (Wildman–Crippen MR) is 100 cm³/mol. The van der Waals surface area contributed by atoms with Crippen LogP contribution in [-0.4, -0.2) is 54.0 Å². The van der Waals surface area contributed by atoms with E-state index in [1.165, 1.54) is 5.56 Å². The summed E-state index contributed by atoms with van der Waals surface area (Å²) in [5.74, 6) is 1.55. The first-order chi connectivity index (χ1) is 12.1. The van der Waals surface area contributed by atoms with Crippen molar-refractivity contribution in [3.05, 3.63) is 46.6 Å². The summed E-state index contributed by atoms with van der Waals surface area (Å²) < 4.78 is 0. The van der Waals surface area contributed by atoms with Crippen molar-refractivity contribution in [2.24, 2.45) is 0 Å². The third-order valence-corrected chi connectivity index (χ3v) is 4.49. The van der Waals surface area contributed by atoms with Crippen molar-refractivity contribution >= 4 is 29.8 Å². The number of carbonyl (C=O) groups excluding carboxylic acids is 1. The molecule has 0 saturated carbocycles. The Bertz CT molecular complexity index is 714. The average Bonchev–Trinajstić information content (AvgIpc) is 2.63. The number of piperazine rings is 1. The summed E-state index contributed by atoms with van der Waals surface area (Å²) in [5, 5.41) is 4.05. The Morgan fingerprint density at radius 3 is 2.56 bits per heavy atom. The number of rotatable bonds is 6. The van der Waals surface area contributed by atoms with E-state index in [0.717, 1.165) is 62.1 Å². The number of aryl methyl sites for hydroxylation is 1. The molecule has 25 heavy (non-hydrogen) atoms. The van der Waals surface area contributed by atoms with Gasteiger partial charge in [-0.05, 0) is 31.0 Å². The monoisotopic (exact) mass is 359 g/mol. The van der Waals surface area contributed by atoms with Gasteiger partial charge in [0.1, 0.15) is 5.82 Å². The minimum Gasteiger partial charge on any atom is -0.354 e. The van der Waals surface area contributed by atoms with E-state index in [4.69, 9.17) is 11.6 Å². The number of amides is 1. The Morgan fingerprint density at radius 2 is 1.88 bits per heavy atom. The normalized spacial score (nSPS) is 14.5. The molecule has 0 spiro atoms. The summed E-state index contributed by atoms with van der Waals surface area (Å²) in [7, 11) is 0. The second kappa shape index (κ2) is 8.16. The Balaban J connectivity index is 1.59. The van der Waals surface area contributed by atoms with E-state index in [2.05, 4.69) is 20.2 Å². The largest absolute Gasteiger partial charge is 0.354 e. The van der Waals surface area contributed by atoms with Gasteiger partial charge in [0.05, 0.1) is 0 Å². The zero-order valence-electron chi connectivity index (χ0n) is 14.3. The topological polar surface area (TPSA) is 61.4 Å². The number of halogens is 1. The molecule has 1 saturated heterocycles. The molecule has 1 amide bonds. The minimum absolute atomic E-state index is 0.641. The molecule has 1 N–H and O–H groups in total. The summed E-state index contributed by atoms with van der Waals surface area (Å²) in [6.07, 6.45) is 1.79. The second-order valence-corrected chi connectivity index (χ2v) is 6.56. The molecule has 2 aromatic rings. The third-order valence-electron chi connectivity index (χ3n) is 4.24. The zero-order valence-corrected chi connectivity index (χ0v) is 15.0. The lowest BCUT2D eigenvalue weighted by Gasteiger charge is -2.33. The van der Waals surface area contributed by atoms with Gasteiger partial charge in [0.15, 0.2) is 0 Å². The van der Waals surface area contributed by atoms with Crippen LogP contribution in [0.15, 0.2) is 30.3 Å². The maximum Gasteiger partial charge on any atom is 0.224 e. The third kappa shape index (κ3) is 4.82. The van der Waals surface area contributed by atoms with Gasteiger partial charge in [-0.2, -0.15) is 4.98 Å². The predicted octanol–water partition coefficient (Wildman–Crippen LogP) is 2.37. The SMILES string of the molecule is Cc1cc(N2CCN(C=O)CC2)nc(NCCc2ccc(Cl)cc2)n1. The molecule has 0 unspecified atom stereocenters. The lowest BCUT2D eigenvalue weighted by atomic mass is 10.1. The highest BCUT2D eigenvalue weighted by atomic mass is 35.5. The number of benzene rings is 1. The van der Waals surface area contributed by atoms with Crippen LogP contribution in [0.3, 0.4) is 0 Å². The Kier molecular flexibility index (Phi) is 5.71. The van der Waals surface area contributed by atoms with E-state index in [9.17, 15) is 4.79 Å². The van der Waals surface area contributed by atoms with E-state index in [0.29, 0.717) is 5.95 Å². The van der Waals surface area contributed by atoms with Gasteiger partial charge in [0, 0.05) is 49.5 Å². The van der Waals surface area contributed by atoms with Crippen molar-refractivity contribution in [1.29, 1.82) is 0 Å². The molecule has 0 radical (unpaired) electrons. The fourth-order valence-electron chi connectivity index (χ4n) is 2.82. The molecular weight excluding hydrogens is 338 g/mol. The van der Waals surface area contributed by atoms with Crippen LogP contribution in [0.2, 0.25) is 5.02 Å². The quantitative estimate of drug-likeness (QED) is 0.802. The molecule has 0 bridgehead atoms. The van der Waals surface area contributed by atoms with Gasteiger partial charge in [0.2, 0.25) is 12.4 Å². The number of nitrogens with zero attached hydrogens (tertiary/aromatic N) is 4. The summed E-state index contributed by atoms with van der Waals surface area (Å²) in [6, 6.07) is 9.84. The first kappa shape index (κ1) is 17.5. The number of aromatic nitrogens is 2. The van der Waals surface area contributed by atoms with Crippen LogP contribution in [0.25, 0.3) is 0 Å². The first-order valence-corrected chi connectivity index (χ1v) is 8.80. The molecule has 0 aliphatic carbocycles. The second-order valence-electron chi connectivity index (χ2n) is 6.12. The molecule has 3 rings (SSSR count). The molecule has 2 heterocycles. The average molecular weight is 360 g/mol. The van der Waals surface area contributed by atoms with Gasteiger partial charge in [-0.3, -0.25) is 4.79 Å². The molecule has 1 aliphatic heterocycles. The first-order valence-electron chi connectivity index (χ1n) is 8.42. The number of hydrogen-bond acceptors (Lipinski definition) is 5. The van der Waals surface area contributed by atoms with Crippen LogP contribution in [0.4, 0.5) is 11.8 Å². The Labute approximate surface area is 152 Å². The molecule has 1 fully saturated rings. The fourth-order valence-corrected chi connectivity index (χ4v) is 2.95. The number of anilines is 2. The highest BCUT2D eigenvalue weighted by Crippen LogP contribution is 2.17. The molecule has 132 valence electrons. The van der Waals surface area contributed by atoms with E-state index in [1.807, 2.05) is 37.3 Å². The van der Waals surface area contributed by atoms with Crippen molar-refractivity contribution < 1.29 is 4.79 Å². The minimum atomic E-state index is 0.641. The lowest BCUT2D eigenvalue weighted by molar-refractivity contribution is -0.118. The molecule has 1 aromatic heterocycles. The van der Waals surface area contributed by atoms with Gasteiger partial charge < -0.3 is 15.1 Å². The zero-order chi connectivity index (χ0) is 17.6. The van der Waals surface area contributed by atoms with Crippen molar-refractivity contribution in [3.63, 3.8) is 0 Å². The Hall–Kier alpha value is -2.34. The van der Waals surface area contributed by atoms with Crippen molar-refractivity contribution in [3.8, 4) is 0 Å². The van der Waals surface area contributed by atoms with E-state index in [-0.39, 0.29) is 0 Å². The van der Waals surface area contributed by atoms with Crippen LogP contribution < -0.4 is 10.2 Å². The van der Waals surface area contributed by atoms with E-state index >= 15 is 0 Å². The summed E-state index contributed by atoms with van der Waals surface area (Å²) in [6.45, 7) is 5.76. The smallest absolute Gasteiger partial charge is 0.224 e. The Morgan fingerprint density at radius 1 is 1.16 bits per heavy atom. The number of nitrogens with one attached hydrogen (secondary N) is 1. The molecule has 1 aromatic carbocycles. The maximum atomic E-state index is 10.8. The van der Waals surface area contributed by atoms with Crippen molar-refractivity contribution in [2.75, 3.05) is 42.9 Å². The van der Waals surface area contributed by atoms with Crippen LogP contribution in [0, 0.1) is 6.92 Å². The molecule has 7 heteroatoms. The van der Waals surface area contributed by atoms with Gasteiger partial charge in [-0.25, -0.2) is 4.98 Å². The van der Waals surface area contributed by atoms with Gasteiger partial charge in [0.25, 0.3) is 0 Å². The van der Waals surface area contributed by atoms with Crippen molar-refractivity contribution in [2.45, 2.75) is 13.3 Å². The highest BCUT2D eigenvalue weighted by molar-refractivity contribution is 6.30. The fraction of sp³-hybridized carbons (Fsp3) is 0.389. The van der Waals surface area contributed by atoms with E-state index in [1.54, 1.807) is 4.90 Å². The summed E-state index contributed by atoms with van der Waals surface area (Å²) >= 11 is 5.91. The number of hydrogen-bond donors (Lipinski definition) is 1. The van der Waals surface area contributed by atoms with Crippen LogP contribution in [-0.2, 0) is 11.2 Å². The van der Waals surface area contributed by atoms with Crippen LogP contribution in [0.5, 0.6) is 0 Å². The van der Waals surface area contributed by atoms with Crippen LogP contribution >= 0.6 is 11.6 Å². The van der Waals surface area contributed by atoms with Crippen molar-refractivity contribution in [1.82, 2.24) is 14.9 Å². The van der Waals surface area contributed by atoms with E-state index < -0.39 is 0 Å². The van der Waals surface area contributed by atoms with Gasteiger partial charge in [-0.1, -0.05) is 23.7 Å². The summed E-state index contributed by atoms with van der Waals surface area (Å²) in [4.78, 5) is 23.9. The molecular formula is C18H22ClN5O. The lowest BCUT2D eigenvalue weighted by Crippen LogP contribution is -2.46. The molecule has 0 atom stereocenters. The standard InChI is InChI=1S/C18H22ClN5O/c1-14-12-17(24-10-8-23(13-25)9-11-24)22-18(21-14)20-7-6-15-2-4-16(19)5-3-15/h2-5,12-13H,6-11H2,1H3,(H,20,21,22). The maximum absolute atomic E-state index is 10.8. The number of carbonyl (C=O) groups is 1. The summed E-state index contributed by atoms with van der Waals surface area (Å²) in [5.41, 5.74) is 2.14. The van der Waals surface area contributed by atoms with Gasteiger partial charge >= 0.3 is 0 Å². The highest BCUT2D eigenvalue weighted by Gasteiger charge is 2.17. The van der Waals surface area contributed by atoms with Crippen LogP contribution in [0.1, 0.15) is 11.3 Å². The molecule has 6 nitrogen and oxygen atoms in total. The molecule has 1 aliphatic rings. The van der Waals surface area contributed by atoms with Gasteiger partial charge in [-0.15, -0.1) is 0 Å².